The van der Waals surface area contributed by atoms with Crippen LogP contribution in [0.2, 0.25) is 0 Å². The summed E-state index contributed by atoms with van der Waals surface area (Å²) in [5, 5.41) is 0.865. The molecular weight excluding hydrogens is 134 g/mol. The highest BCUT2D eigenvalue weighted by Gasteiger charge is 2.16. The Labute approximate surface area is 59.7 Å². The van der Waals surface area contributed by atoms with E-state index in [4.69, 9.17) is 4.74 Å². The fourth-order valence-electron chi connectivity index (χ4n) is 0.563. The van der Waals surface area contributed by atoms with E-state index in [1.165, 1.54) is 6.42 Å². The number of hydrogen-bond donors (Lipinski definition) is 0. The fraction of sp³-hybridized carbons (Fsp3) is 0.833. The van der Waals surface area contributed by atoms with Gasteiger partial charge >= 0.3 is 0 Å². The fourth-order valence-corrected chi connectivity index (χ4v) is 1.37. The number of hydrogen-bond acceptors (Lipinski definition) is 3. The molecule has 0 saturated heterocycles. The average Bonchev–Trinajstić information content (AvgIpc) is 1.78. The van der Waals surface area contributed by atoms with E-state index in [1.54, 1.807) is 11.8 Å². The number of thioether (sulfide) groups is 1. The normalized spacial score (nSPS) is 24.2. The molecule has 0 saturated carbocycles. The van der Waals surface area contributed by atoms with E-state index in [0.717, 1.165) is 11.0 Å². The lowest BCUT2D eigenvalue weighted by Gasteiger charge is -2.20. The first-order valence-corrected chi connectivity index (χ1v) is 4.18. The van der Waals surface area contributed by atoms with Gasteiger partial charge in [-0.1, -0.05) is 18.7 Å². The summed E-state index contributed by atoms with van der Waals surface area (Å²) in [5.41, 5.74) is 0. The predicted octanol–water partition coefficient (Wildman–Crippen LogP) is 1.86. The Morgan fingerprint density at radius 3 is 2.89 bits per heavy atom. The number of ether oxygens (including phenoxy) is 1. The van der Waals surface area contributed by atoms with E-state index in [-0.39, 0.29) is 6.23 Å². The van der Waals surface area contributed by atoms with E-state index in [1.807, 2.05) is 6.92 Å². The third kappa shape index (κ3) is 1.90. The SMILES string of the molecule is CCCSC1=NC(C)O1. The molecule has 0 aliphatic carbocycles. The monoisotopic (exact) mass is 145 g/mol. The summed E-state index contributed by atoms with van der Waals surface area (Å²) in [6, 6.07) is 0. The van der Waals surface area contributed by atoms with Crippen molar-refractivity contribution < 1.29 is 4.74 Å². The Morgan fingerprint density at radius 2 is 2.44 bits per heavy atom. The van der Waals surface area contributed by atoms with E-state index < -0.39 is 0 Å². The molecule has 0 N–H and O–H groups in total. The van der Waals surface area contributed by atoms with Gasteiger partial charge in [0.2, 0.25) is 0 Å². The topological polar surface area (TPSA) is 21.6 Å². The summed E-state index contributed by atoms with van der Waals surface area (Å²) in [6.07, 6.45) is 1.30. The van der Waals surface area contributed by atoms with Crippen molar-refractivity contribution in [1.29, 1.82) is 0 Å². The van der Waals surface area contributed by atoms with E-state index in [9.17, 15) is 0 Å². The van der Waals surface area contributed by atoms with Crippen molar-refractivity contribution in [2.45, 2.75) is 26.5 Å². The molecule has 0 spiro atoms. The van der Waals surface area contributed by atoms with Gasteiger partial charge in [0.15, 0.2) is 6.23 Å². The van der Waals surface area contributed by atoms with Crippen molar-refractivity contribution in [3.8, 4) is 0 Å². The molecule has 1 aliphatic heterocycles. The Hall–Kier alpha value is -0.180. The Kier molecular flexibility index (Phi) is 2.39. The van der Waals surface area contributed by atoms with Crippen LogP contribution < -0.4 is 0 Å². The van der Waals surface area contributed by atoms with E-state index in [2.05, 4.69) is 11.9 Å². The van der Waals surface area contributed by atoms with Crippen molar-refractivity contribution in [3.05, 3.63) is 0 Å². The maximum Gasteiger partial charge on any atom is 0.251 e. The van der Waals surface area contributed by atoms with Crippen LogP contribution in [-0.2, 0) is 4.74 Å². The van der Waals surface area contributed by atoms with Crippen LogP contribution in [0.5, 0.6) is 0 Å². The Bertz CT molecular complexity index is 124. The molecule has 2 nitrogen and oxygen atoms in total. The second-order valence-electron chi connectivity index (χ2n) is 1.96. The van der Waals surface area contributed by atoms with Crippen molar-refractivity contribution in [2.75, 3.05) is 5.75 Å². The van der Waals surface area contributed by atoms with Crippen molar-refractivity contribution in [1.82, 2.24) is 0 Å². The van der Waals surface area contributed by atoms with Crippen molar-refractivity contribution in [2.24, 2.45) is 4.99 Å². The summed E-state index contributed by atoms with van der Waals surface area (Å²) in [4.78, 5) is 4.12. The second kappa shape index (κ2) is 3.11. The molecule has 0 fully saturated rings. The highest BCUT2D eigenvalue weighted by molar-refractivity contribution is 8.13. The second-order valence-corrected chi connectivity index (χ2v) is 3.01. The smallest absolute Gasteiger partial charge is 0.251 e. The zero-order chi connectivity index (χ0) is 6.69. The van der Waals surface area contributed by atoms with Gasteiger partial charge in [0.05, 0.1) is 0 Å². The van der Waals surface area contributed by atoms with Gasteiger partial charge in [-0.3, -0.25) is 0 Å². The third-order valence-corrected chi connectivity index (χ3v) is 2.05. The quantitative estimate of drug-likeness (QED) is 0.591. The highest BCUT2D eigenvalue weighted by atomic mass is 32.2. The minimum Gasteiger partial charge on any atom is -0.447 e. The summed E-state index contributed by atoms with van der Waals surface area (Å²) >= 11 is 1.69. The first-order chi connectivity index (χ1) is 4.33. The number of aliphatic imine (C=N–C) groups is 1. The molecule has 0 aromatic heterocycles. The minimum atomic E-state index is 0.115. The van der Waals surface area contributed by atoms with Crippen LogP contribution in [0.25, 0.3) is 0 Å². The summed E-state index contributed by atoms with van der Waals surface area (Å²) in [5.74, 6) is 1.12. The largest absolute Gasteiger partial charge is 0.447 e. The Morgan fingerprint density at radius 1 is 1.78 bits per heavy atom. The maximum absolute atomic E-state index is 5.15. The molecule has 52 valence electrons. The van der Waals surface area contributed by atoms with Gasteiger partial charge in [0.1, 0.15) is 0 Å². The van der Waals surface area contributed by atoms with Crippen molar-refractivity contribution >= 4 is 17.0 Å². The summed E-state index contributed by atoms with van der Waals surface area (Å²) in [7, 11) is 0. The molecule has 1 aliphatic rings. The zero-order valence-electron chi connectivity index (χ0n) is 5.76. The molecule has 1 unspecified atom stereocenters. The highest BCUT2D eigenvalue weighted by Crippen LogP contribution is 2.18. The van der Waals surface area contributed by atoms with Crippen LogP contribution in [-0.4, -0.2) is 17.2 Å². The molecule has 1 atom stereocenters. The van der Waals surface area contributed by atoms with Gasteiger partial charge in [0.25, 0.3) is 5.23 Å². The maximum atomic E-state index is 5.15. The first-order valence-electron chi connectivity index (χ1n) is 3.20. The molecule has 1 heterocycles. The molecule has 3 heteroatoms. The number of nitrogens with zero attached hydrogens (tertiary/aromatic N) is 1. The lowest BCUT2D eigenvalue weighted by Crippen LogP contribution is -2.22. The van der Waals surface area contributed by atoms with Crippen LogP contribution >= 0.6 is 11.8 Å². The van der Waals surface area contributed by atoms with Crippen LogP contribution in [0.1, 0.15) is 20.3 Å². The molecule has 0 aromatic rings. The van der Waals surface area contributed by atoms with Crippen LogP contribution in [0.15, 0.2) is 4.99 Å². The first kappa shape index (κ1) is 6.93. The van der Waals surface area contributed by atoms with Crippen LogP contribution in [0.4, 0.5) is 0 Å². The Balaban J connectivity index is 2.09. The third-order valence-electron chi connectivity index (χ3n) is 0.988. The molecule has 0 amide bonds. The van der Waals surface area contributed by atoms with E-state index >= 15 is 0 Å². The molecule has 1 rings (SSSR count). The van der Waals surface area contributed by atoms with Gasteiger partial charge in [-0.2, -0.15) is 0 Å². The van der Waals surface area contributed by atoms with Crippen LogP contribution in [0.3, 0.4) is 0 Å². The molecule has 0 radical (unpaired) electrons. The summed E-state index contributed by atoms with van der Waals surface area (Å²) in [6.45, 7) is 4.09. The molecular formula is C6H11NOS. The van der Waals surface area contributed by atoms with E-state index in [0.29, 0.717) is 0 Å². The zero-order valence-corrected chi connectivity index (χ0v) is 6.57. The standard InChI is InChI=1S/C6H11NOS/c1-3-4-9-6-7-5(2)8-6/h5H,3-4H2,1-2H3. The van der Waals surface area contributed by atoms with Gasteiger partial charge in [-0.05, 0) is 13.3 Å². The van der Waals surface area contributed by atoms with Gasteiger partial charge < -0.3 is 4.74 Å². The molecule has 0 bridgehead atoms. The predicted molar refractivity (Wildman–Crippen MR) is 40.7 cm³/mol. The van der Waals surface area contributed by atoms with Crippen molar-refractivity contribution in [3.63, 3.8) is 0 Å². The van der Waals surface area contributed by atoms with Gasteiger partial charge in [-0.15, -0.1) is 0 Å². The molecule has 9 heavy (non-hydrogen) atoms. The minimum absolute atomic E-state index is 0.115. The average molecular weight is 145 g/mol. The van der Waals surface area contributed by atoms with Crippen LogP contribution in [0, 0.1) is 0 Å². The van der Waals surface area contributed by atoms with Gasteiger partial charge in [0, 0.05) is 5.75 Å². The lowest BCUT2D eigenvalue weighted by atomic mass is 10.6. The molecule has 0 aromatic carbocycles. The summed E-state index contributed by atoms with van der Waals surface area (Å²) < 4.78 is 5.15. The number of rotatable bonds is 2. The van der Waals surface area contributed by atoms with Gasteiger partial charge in [-0.25, -0.2) is 4.99 Å². The lowest BCUT2D eigenvalue weighted by molar-refractivity contribution is 0.174.